The Morgan fingerprint density at radius 1 is 1.06 bits per heavy atom. The Morgan fingerprint density at radius 3 is 2.41 bits per heavy atom. The number of hydrogen-bond donors (Lipinski definition) is 0. The smallest absolute Gasteiger partial charge is 0.344 e. The topological polar surface area (TPSA) is 82.6 Å². The molecule has 0 radical (unpaired) electrons. The van der Waals surface area contributed by atoms with E-state index in [9.17, 15) is 13.2 Å². The average Bonchev–Trinajstić information content (AvgIpc) is 3.09. The summed E-state index contributed by atoms with van der Waals surface area (Å²) in [6.07, 6.45) is 0.538. The molecule has 0 fully saturated rings. The van der Waals surface area contributed by atoms with Gasteiger partial charge in [0.1, 0.15) is 11.4 Å². The summed E-state index contributed by atoms with van der Waals surface area (Å²) in [4.78, 5) is 18.1. The number of nitrogens with zero attached hydrogens (tertiary/aromatic N) is 1. The zero-order valence-corrected chi connectivity index (χ0v) is 22.1. The Kier molecular flexibility index (Phi) is 7.83. The predicted molar refractivity (Wildman–Crippen MR) is 136 cm³/mol. The number of rotatable bonds is 8. The van der Waals surface area contributed by atoms with Gasteiger partial charge in [-0.25, -0.2) is 18.2 Å². The van der Waals surface area contributed by atoms with Crippen molar-refractivity contribution < 1.29 is 22.7 Å². The lowest BCUT2D eigenvalue weighted by atomic mass is 10.0. The summed E-state index contributed by atoms with van der Waals surface area (Å²) in [5.74, 6) is 0.0759. The molecule has 0 aliphatic heterocycles. The summed E-state index contributed by atoms with van der Waals surface area (Å²) in [6, 6.07) is 12.5. The number of thiazole rings is 1. The molecular formula is C26H31NO5S2. The highest BCUT2D eigenvalue weighted by Gasteiger charge is 2.20. The Labute approximate surface area is 205 Å². The van der Waals surface area contributed by atoms with Crippen molar-refractivity contribution in [3.05, 3.63) is 53.2 Å². The van der Waals surface area contributed by atoms with Gasteiger partial charge in [-0.05, 0) is 82.5 Å². The van der Waals surface area contributed by atoms with E-state index < -0.39 is 21.4 Å². The summed E-state index contributed by atoms with van der Waals surface area (Å²) in [6.45, 7) is 10.9. The standard InChI is InChI=1S/C26H31NO5S2/c1-7-13-34(29,30)21-10-8-9-19(14-21)22-15-20(25-17(2)27-18(3)33-25)11-12-23(22)31-16-24(28)32-26(4,5)6/h8-12,14-15H,7,13,16H2,1-6H3. The quantitative estimate of drug-likeness (QED) is 0.352. The van der Waals surface area contributed by atoms with Gasteiger partial charge < -0.3 is 9.47 Å². The third-order valence-corrected chi connectivity index (χ3v) is 7.93. The minimum absolute atomic E-state index is 0.0812. The molecule has 0 spiro atoms. The summed E-state index contributed by atoms with van der Waals surface area (Å²) in [7, 11) is -3.39. The number of aryl methyl sites for hydroxylation is 2. The van der Waals surface area contributed by atoms with E-state index in [2.05, 4.69) is 4.98 Å². The molecule has 6 nitrogen and oxygen atoms in total. The largest absolute Gasteiger partial charge is 0.481 e. The lowest BCUT2D eigenvalue weighted by Crippen LogP contribution is -2.27. The molecule has 0 unspecified atom stereocenters. The normalized spacial score (nSPS) is 11.9. The SMILES string of the molecule is CCCS(=O)(=O)c1cccc(-c2cc(-c3sc(C)nc3C)ccc2OCC(=O)OC(C)(C)C)c1. The van der Waals surface area contributed by atoms with Crippen LogP contribution in [0.3, 0.4) is 0 Å². The maximum Gasteiger partial charge on any atom is 0.344 e. The summed E-state index contributed by atoms with van der Waals surface area (Å²) < 4.78 is 36.6. The molecule has 0 atom stereocenters. The number of hydrogen-bond acceptors (Lipinski definition) is 7. The molecule has 2 aromatic carbocycles. The van der Waals surface area contributed by atoms with Crippen LogP contribution >= 0.6 is 11.3 Å². The van der Waals surface area contributed by atoms with E-state index in [0.29, 0.717) is 23.3 Å². The second-order valence-electron chi connectivity index (χ2n) is 9.08. The fourth-order valence-corrected chi connectivity index (χ4v) is 5.85. The number of carbonyl (C=O) groups is 1. The lowest BCUT2D eigenvalue weighted by molar-refractivity contribution is -0.157. The monoisotopic (exact) mass is 501 g/mol. The van der Waals surface area contributed by atoms with Gasteiger partial charge in [0.05, 0.1) is 26.2 Å². The van der Waals surface area contributed by atoms with Gasteiger partial charge in [-0.3, -0.25) is 0 Å². The van der Waals surface area contributed by atoms with E-state index in [1.165, 1.54) is 0 Å². The van der Waals surface area contributed by atoms with Crippen LogP contribution in [0.15, 0.2) is 47.4 Å². The van der Waals surface area contributed by atoms with E-state index in [-0.39, 0.29) is 17.3 Å². The number of aromatic nitrogens is 1. The molecule has 1 heterocycles. The fraction of sp³-hybridized carbons (Fsp3) is 0.385. The molecule has 0 saturated heterocycles. The predicted octanol–water partition coefficient (Wildman–Crippen LogP) is 6.00. The summed E-state index contributed by atoms with van der Waals surface area (Å²) in [5.41, 5.74) is 2.65. The van der Waals surface area contributed by atoms with E-state index >= 15 is 0 Å². The van der Waals surface area contributed by atoms with E-state index in [0.717, 1.165) is 21.1 Å². The first-order valence-corrected chi connectivity index (χ1v) is 13.6. The van der Waals surface area contributed by atoms with Crippen molar-refractivity contribution in [2.45, 2.75) is 58.5 Å². The fourth-order valence-electron chi connectivity index (χ4n) is 3.57. The number of benzene rings is 2. The minimum atomic E-state index is -3.39. The minimum Gasteiger partial charge on any atom is -0.481 e. The Morgan fingerprint density at radius 2 is 1.79 bits per heavy atom. The van der Waals surface area contributed by atoms with Crippen LogP contribution in [0.1, 0.15) is 44.8 Å². The Balaban J connectivity index is 2.06. The van der Waals surface area contributed by atoms with Gasteiger partial charge in [-0.2, -0.15) is 0 Å². The molecule has 8 heteroatoms. The third-order valence-electron chi connectivity index (χ3n) is 4.89. The van der Waals surface area contributed by atoms with Crippen molar-refractivity contribution in [3.8, 4) is 27.3 Å². The van der Waals surface area contributed by atoms with Crippen molar-refractivity contribution >= 4 is 27.1 Å². The zero-order chi connectivity index (χ0) is 25.1. The van der Waals surface area contributed by atoms with Gasteiger partial charge in [0.15, 0.2) is 16.4 Å². The highest BCUT2D eigenvalue weighted by molar-refractivity contribution is 7.91. The molecule has 34 heavy (non-hydrogen) atoms. The number of sulfone groups is 1. The zero-order valence-electron chi connectivity index (χ0n) is 20.5. The molecule has 0 aliphatic rings. The Bertz CT molecular complexity index is 1290. The van der Waals surface area contributed by atoms with Crippen LogP contribution in [0.5, 0.6) is 5.75 Å². The first kappa shape index (κ1) is 25.9. The molecule has 182 valence electrons. The summed E-state index contributed by atoms with van der Waals surface area (Å²) in [5, 5.41) is 0.965. The van der Waals surface area contributed by atoms with Crippen LogP contribution in [-0.2, 0) is 19.4 Å². The van der Waals surface area contributed by atoms with Gasteiger partial charge in [-0.1, -0.05) is 19.1 Å². The second-order valence-corrected chi connectivity index (χ2v) is 12.4. The molecule has 0 saturated carbocycles. The van der Waals surface area contributed by atoms with Gasteiger partial charge in [0, 0.05) is 5.56 Å². The van der Waals surface area contributed by atoms with Crippen molar-refractivity contribution in [1.82, 2.24) is 4.98 Å². The van der Waals surface area contributed by atoms with Crippen LogP contribution in [0.2, 0.25) is 0 Å². The lowest BCUT2D eigenvalue weighted by Gasteiger charge is -2.20. The molecule has 1 aromatic heterocycles. The average molecular weight is 502 g/mol. The maximum absolute atomic E-state index is 12.7. The molecule has 0 bridgehead atoms. The van der Waals surface area contributed by atoms with E-state index in [1.807, 2.05) is 39.0 Å². The van der Waals surface area contributed by atoms with Crippen LogP contribution in [0.25, 0.3) is 21.6 Å². The molecule has 3 aromatic rings. The van der Waals surface area contributed by atoms with E-state index in [1.54, 1.807) is 56.4 Å². The van der Waals surface area contributed by atoms with Crippen molar-refractivity contribution in [1.29, 1.82) is 0 Å². The van der Waals surface area contributed by atoms with Gasteiger partial charge in [0.2, 0.25) is 0 Å². The highest BCUT2D eigenvalue weighted by Crippen LogP contribution is 2.38. The summed E-state index contributed by atoms with van der Waals surface area (Å²) >= 11 is 1.59. The first-order chi connectivity index (χ1) is 15.9. The van der Waals surface area contributed by atoms with Crippen LogP contribution < -0.4 is 4.74 Å². The van der Waals surface area contributed by atoms with Crippen LogP contribution in [0.4, 0.5) is 0 Å². The van der Waals surface area contributed by atoms with Gasteiger partial charge in [0.25, 0.3) is 0 Å². The van der Waals surface area contributed by atoms with Crippen molar-refractivity contribution in [3.63, 3.8) is 0 Å². The number of ether oxygens (including phenoxy) is 2. The van der Waals surface area contributed by atoms with E-state index in [4.69, 9.17) is 9.47 Å². The molecule has 0 aliphatic carbocycles. The second kappa shape index (κ2) is 10.3. The van der Waals surface area contributed by atoms with Gasteiger partial charge >= 0.3 is 5.97 Å². The molecule has 3 rings (SSSR count). The third kappa shape index (κ3) is 6.45. The highest BCUT2D eigenvalue weighted by atomic mass is 32.2. The first-order valence-electron chi connectivity index (χ1n) is 11.2. The van der Waals surface area contributed by atoms with Crippen LogP contribution in [-0.4, -0.2) is 37.3 Å². The Hall–Kier alpha value is -2.71. The molecule has 0 amide bonds. The number of carbonyl (C=O) groups excluding carboxylic acids is 1. The van der Waals surface area contributed by atoms with Crippen LogP contribution in [0, 0.1) is 13.8 Å². The van der Waals surface area contributed by atoms with Crippen molar-refractivity contribution in [2.24, 2.45) is 0 Å². The number of esters is 1. The van der Waals surface area contributed by atoms with Gasteiger partial charge in [-0.15, -0.1) is 11.3 Å². The molecular weight excluding hydrogens is 470 g/mol. The maximum atomic E-state index is 12.7. The molecule has 0 N–H and O–H groups in total. The van der Waals surface area contributed by atoms with Crippen molar-refractivity contribution in [2.75, 3.05) is 12.4 Å².